The zero-order valence-corrected chi connectivity index (χ0v) is 19.7. The van der Waals surface area contributed by atoms with Crippen molar-refractivity contribution in [1.29, 1.82) is 0 Å². The second kappa shape index (κ2) is 6.90. The average molecular weight is 485 g/mol. The van der Waals surface area contributed by atoms with Gasteiger partial charge in [-0.1, -0.05) is 0 Å². The van der Waals surface area contributed by atoms with E-state index in [1.54, 1.807) is 27.9 Å². The molecule has 0 N–H and O–H groups in total. The summed E-state index contributed by atoms with van der Waals surface area (Å²) in [6.45, 7) is 14.3. The topological polar surface area (TPSA) is 0 Å². The van der Waals surface area contributed by atoms with Crippen LogP contribution in [0.5, 0.6) is 0 Å². The zero-order chi connectivity index (χ0) is 17.5. The third-order valence-corrected chi connectivity index (χ3v) is 13.8. The van der Waals surface area contributed by atoms with Gasteiger partial charge >= 0.3 is 160 Å². The van der Waals surface area contributed by atoms with Crippen molar-refractivity contribution < 1.29 is 22.9 Å². The second-order valence-corrected chi connectivity index (χ2v) is 14.2. The molecule has 0 heterocycles. The second-order valence-electron chi connectivity index (χ2n) is 7.67. The Morgan fingerprint density at radius 2 is 1.62 bits per heavy atom. The molecular weight excluding hydrogens is 455 g/mol. The van der Waals surface area contributed by atoms with Crippen LogP contribution in [0.15, 0.2) is 49.9 Å². The van der Waals surface area contributed by atoms with Gasteiger partial charge in [0, 0.05) is 0 Å². The number of hydrogen-bond acceptors (Lipinski definition) is 0. The molecule has 3 rings (SSSR count). The van der Waals surface area contributed by atoms with Crippen LogP contribution in [0, 0.1) is 0 Å². The summed E-state index contributed by atoms with van der Waals surface area (Å²) in [5.74, 6) is 0.711. The number of benzene rings is 1. The van der Waals surface area contributed by atoms with Crippen molar-refractivity contribution in [2.75, 3.05) is 0 Å². The van der Waals surface area contributed by atoms with Gasteiger partial charge in [0.15, 0.2) is 0 Å². The number of rotatable bonds is 5. The van der Waals surface area contributed by atoms with Gasteiger partial charge in [0.25, 0.3) is 0 Å². The van der Waals surface area contributed by atoms with Crippen LogP contribution in [0.3, 0.4) is 0 Å². The van der Waals surface area contributed by atoms with Gasteiger partial charge in [-0.15, -0.1) is 0 Å². The molecule has 2 aliphatic rings. The molecule has 0 bridgehead atoms. The number of fused-ring (bicyclic) bond motifs is 1. The Morgan fingerprint density at radius 3 is 2.25 bits per heavy atom. The number of unbranched alkanes of at least 4 members (excludes halogenated alkanes) is 1. The molecule has 1 heteroatoms. The maximum absolute atomic E-state index is 2.58. The molecule has 1 atom stereocenters. The van der Waals surface area contributed by atoms with Gasteiger partial charge in [-0.05, 0) is 0 Å². The quantitative estimate of drug-likeness (QED) is 0.386. The van der Waals surface area contributed by atoms with E-state index in [1.165, 1.54) is 24.8 Å². The van der Waals surface area contributed by atoms with E-state index in [-0.39, 0.29) is 0 Å². The third-order valence-electron chi connectivity index (χ3n) is 6.49. The molecule has 126 valence electrons. The van der Waals surface area contributed by atoms with Gasteiger partial charge < -0.3 is 0 Å². The first kappa shape index (κ1) is 18.1. The molecule has 1 unspecified atom stereocenters. The summed E-state index contributed by atoms with van der Waals surface area (Å²) < 4.78 is 2.24. The fourth-order valence-electron chi connectivity index (χ4n) is 4.31. The summed E-state index contributed by atoms with van der Waals surface area (Å²) in [4.78, 5) is 0. The molecule has 1 aromatic rings. The van der Waals surface area contributed by atoms with Gasteiger partial charge in [0.2, 0.25) is 0 Å². The Morgan fingerprint density at radius 1 is 1.00 bits per heavy atom. The fraction of sp³-hybridized carbons (Fsp3) is 0.478. The Kier molecular flexibility index (Phi) is 5.21. The van der Waals surface area contributed by atoms with Gasteiger partial charge in [-0.2, -0.15) is 0 Å². The van der Waals surface area contributed by atoms with Crippen molar-refractivity contribution in [1.82, 2.24) is 0 Å². The summed E-state index contributed by atoms with van der Waals surface area (Å²) in [6.07, 6.45) is 6.56. The summed E-state index contributed by atoms with van der Waals surface area (Å²) in [5.41, 5.74) is 9.54. The van der Waals surface area contributed by atoms with E-state index >= 15 is 0 Å². The Labute approximate surface area is 159 Å². The van der Waals surface area contributed by atoms with E-state index in [9.17, 15) is 0 Å². The van der Waals surface area contributed by atoms with Crippen LogP contribution in [0.2, 0.25) is 3.17 Å². The van der Waals surface area contributed by atoms with Crippen molar-refractivity contribution in [2.45, 2.75) is 69.9 Å². The van der Waals surface area contributed by atoms with E-state index < -0.39 is 22.9 Å². The van der Waals surface area contributed by atoms with Crippen molar-refractivity contribution in [3.8, 4) is 0 Å². The van der Waals surface area contributed by atoms with E-state index in [2.05, 4.69) is 71.9 Å². The number of hydrogen-bond donors (Lipinski definition) is 0. The van der Waals surface area contributed by atoms with Crippen LogP contribution in [0.25, 0.3) is 6.08 Å². The van der Waals surface area contributed by atoms with E-state index in [0.29, 0.717) is 9.09 Å². The first-order valence-electron chi connectivity index (χ1n) is 9.35. The predicted molar refractivity (Wildman–Crippen MR) is 102 cm³/mol. The first-order valence-corrected chi connectivity index (χ1v) is 12.9. The summed E-state index contributed by atoms with van der Waals surface area (Å²) in [5, 5.41) is 0. The molecule has 0 radical (unpaired) electrons. The molecule has 0 nitrogen and oxygen atoms in total. The van der Waals surface area contributed by atoms with E-state index in [0.717, 1.165) is 0 Å². The van der Waals surface area contributed by atoms with Crippen LogP contribution in [0.1, 0.15) is 77.8 Å². The normalized spacial score (nSPS) is 22.1. The minimum atomic E-state index is -1.01. The monoisotopic (exact) mass is 486 g/mol. The van der Waals surface area contributed by atoms with Gasteiger partial charge in [0.05, 0.1) is 0 Å². The summed E-state index contributed by atoms with van der Waals surface area (Å²) in [7, 11) is 0. The van der Waals surface area contributed by atoms with Gasteiger partial charge in [0.1, 0.15) is 0 Å². The van der Waals surface area contributed by atoms with Gasteiger partial charge in [-0.25, -0.2) is 0 Å². The molecule has 0 fully saturated rings. The fourth-order valence-corrected chi connectivity index (χ4v) is 11.6. The molecule has 24 heavy (non-hydrogen) atoms. The molecular formula is C23H30Hf. The average Bonchev–Trinajstić information content (AvgIpc) is 2.99. The molecule has 0 aromatic heterocycles. The molecule has 0 aliphatic heterocycles. The molecule has 0 amide bonds. The third kappa shape index (κ3) is 2.87. The Bertz CT molecular complexity index is 721. The summed E-state index contributed by atoms with van der Waals surface area (Å²) >= 11 is -1.01. The summed E-state index contributed by atoms with van der Waals surface area (Å²) in [6, 6.07) is 9.12. The van der Waals surface area contributed by atoms with Gasteiger partial charge in [-0.3, -0.25) is 0 Å². The van der Waals surface area contributed by atoms with Crippen molar-refractivity contribution in [2.24, 2.45) is 0 Å². The molecule has 2 aliphatic carbocycles. The van der Waals surface area contributed by atoms with Crippen molar-refractivity contribution >= 4 is 6.08 Å². The minimum absolute atomic E-state index is 0.395. The Balaban J connectivity index is 1.95. The Hall–Kier alpha value is -0.690. The SMILES string of the molecule is CCCCC1[C]([Hf][C]2(C)C(C)=C(C)C(C)=C2C)=Cc2ccccc21. The van der Waals surface area contributed by atoms with Crippen LogP contribution in [-0.4, -0.2) is 0 Å². The molecule has 0 saturated heterocycles. The van der Waals surface area contributed by atoms with Crippen LogP contribution in [-0.2, 0) is 22.9 Å². The van der Waals surface area contributed by atoms with Crippen molar-refractivity contribution in [3.63, 3.8) is 0 Å². The zero-order valence-electron chi connectivity index (χ0n) is 16.1. The van der Waals surface area contributed by atoms with Crippen LogP contribution < -0.4 is 0 Å². The first-order chi connectivity index (χ1) is 11.4. The molecule has 1 aromatic carbocycles. The van der Waals surface area contributed by atoms with Crippen LogP contribution in [0.4, 0.5) is 0 Å². The predicted octanol–water partition coefficient (Wildman–Crippen LogP) is 7.26. The van der Waals surface area contributed by atoms with E-state index in [4.69, 9.17) is 0 Å². The van der Waals surface area contributed by atoms with Crippen LogP contribution >= 0.6 is 0 Å². The standard InChI is InChI=1S/C13H15.C10H15.Hf/c1-2-3-6-11-9-10-12-7-4-5-8-13(11)12;1-6-7(2)9(4)10(5)8(6)3;/h4-5,7-8,10-11H,2-3,6H2,1H3;1-5H3;. The molecule has 0 saturated carbocycles. The van der Waals surface area contributed by atoms with Crippen molar-refractivity contribution in [3.05, 3.63) is 61.0 Å². The van der Waals surface area contributed by atoms with E-state index in [1.807, 2.05) is 3.33 Å². The number of allylic oxidation sites excluding steroid dienone is 5. The molecule has 0 spiro atoms. The maximum atomic E-state index is 2.58.